The summed E-state index contributed by atoms with van der Waals surface area (Å²) in [5.74, 6) is 1.46. The van der Waals surface area contributed by atoms with Crippen molar-refractivity contribution < 1.29 is 14.3 Å². The number of ether oxygens (including phenoxy) is 2. The van der Waals surface area contributed by atoms with E-state index < -0.39 is 0 Å². The van der Waals surface area contributed by atoms with Gasteiger partial charge in [0.05, 0.1) is 6.54 Å². The van der Waals surface area contributed by atoms with Gasteiger partial charge in [-0.15, -0.1) is 0 Å². The third-order valence-electron chi connectivity index (χ3n) is 3.35. The van der Waals surface area contributed by atoms with Gasteiger partial charge in [0.15, 0.2) is 17.6 Å². The predicted molar refractivity (Wildman–Crippen MR) is 83.0 cm³/mol. The van der Waals surface area contributed by atoms with Crippen molar-refractivity contribution in [2.24, 2.45) is 0 Å². The number of benzene rings is 2. The van der Waals surface area contributed by atoms with Gasteiger partial charge in [0.25, 0.3) is 0 Å². The molecule has 0 aliphatic carbocycles. The Hall–Kier alpha value is -2.69. The van der Waals surface area contributed by atoms with E-state index in [9.17, 15) is 4.79 Å². The topological polar surface area (TPSA) is 59.6 Å². The maximum atomic E-state index is 11.8. The summed E-state index contributed by atoms with van der Waals surface area (Å²) in [6, 6.07) is 17.1. The van der Waals surface area contributed by atoms with Crippen LogP contribution >= 0.6 is 0 Å². The lowest BCUT2D eigenvalue weighted by molar-refractivity contribution is 0.0918. The lowest BCUT2D eigenvalue weighted by Crippen LogP contribution is -2.44. The Balaban J connectivity index is 1.42. The molecular weight excluding hydrogens is 280 g/mol. The van der Waals surface area contributed by atoms with Gasteiger partial charge < -0.3 is 20.1 Å². The average molecular weight is 298 g/mol. The van der Waals surface area contributed by atoms with Gasteiger partial charge in [-0.1, -0.05) is 42.5 Å². The quantitative estimate of drug-likeness (QED) is 0.910. The van der Waals surface area contributed by atoms with Gasteiger partial charge in [-0.2, -0.15) is 0 Å². The number of amides is 2. The standard InChI is InChI=1S/C17H18N2O3/c20-17(18-10-13-6-2-1-3-7-13)19-11-14-12-21-15-8-4-5-9-16(15)22-14/h1-9,14H,10-12H2,(H2,18,19,20). The number of nitrogens with one attached hydrogen (secondary N) is 2. The molecule has 3 rings (SSSR count). The molecule has 0 radical (unpaired) electrons. The second-order valence-corrected chi connectivity index (χ2v) is 5.05. The van der Waals surface area contributed by atoms with Gasteiger partial charge in [0, 0.05) is 6.54 Å². The molecule has 0 bridgehead atoms. The van der Waals surface area contributed by atoms with Gasteiger partial charge in [0.2, 0.25) is 0 Å². The Bertz CT molecular complexity index is 631. The van der Waals surface area contributed by atoms with Crippen molar-refractivity contribution in [3.05, 3.63) is 60.2 Å². The van der Waals surface area contributed by atoms with E-state index >= 15 is 0 Å². The largest absolute Gasteiger partial charge is 0.486 e. The number of fused-ring (bicyclic) bond motifs is 1. The maximum absolute atomic E-state index is 11.8. The first-order valence-electron chi connectivity index (χ1n) is 7.25. The van der Waals surface area contributed by atoms with E-state index in [1.54, 1.807) is 0 Å². The second kappa shape index (κ2) is 6.85. The summed E-state index contributed by atoms with van der Waals surface area (Å²) in [6.45, 7) is 1.32. The minimum atomic E-state index is -0.216. The molecule has 0 fully saturated rings. The lowest BCUT2D eigenvalue weighted by Gasteiger charge is -2.26. The molecule has 2 amide bonds. The van der Waals surface area contributed by atoms with Crippen LogP contribution in [0.1, 0.15) is 5.56 Å². The summed E-state index contributed by atoms with van der Waals surface area (Å²) >= 11 is 0. The highest BCUT2D eigenvalue weighted by molar-refractivity contribution is 5.73. The van der Waals surface area contributed by atoms with E-state index in [2.05, 4.69) is 10.6 Å². The molecule has 1 unspecified atom stereocenters. The Kier molecular flexibility index (Phi) is 4.44. The zero-order valence-corrected chi connectivity index (χ0v) is 12.1. The molecule has 0 aromatic heterocycles. The summed E-state index contributed by atoms with van der Waals surface area (Å²) in [7, 11) is 0. The summed E-state index contributed by atoms with van der Waals surface area (Å²) < 4.78 is 11.4. The van der Waals surface area contributed by atoms with E-state index in [1.165, 1.54) is 0 Å². The van der Waals surface area contributed by atoms with Crippen LogP contribution in [0.3, 0.4) is 0 Å². The third kappa shape index (κ3) is 3.69. The molecule has 1 atom stereocenters. The van der Waals surface area contributed by atoms with Gasteiger partial charge >= 0.3 is 6.03 Å². The summed E-state index contributed by atoms with van der Waals surface area (Å²) in [5, 5.41) is 5.61. The number of urea groups is 1. The average Bonchev–Trinajstić information content (AvgIpc) is 2.59. The predicted octanol–water partition coefficient (Wildman–Crippen LogP) is 2.33. The monoisotopic (exact) mass is 298 g/mol. The van der Waals surface area contributed by atoms with Crippen molar-refractivity contribution in [3.63, 3.8) is 0 Å². The first-order chi connectivity index (χ1) is 10.8. The maximum Gasteiger partial charge on any atom is 0.315 e. The number of carbonyl (C=O) groups is 1. The highest BCUT2D eigenvalue weighted by atomic mass is 16.6. The van der Waals surface area contributed by atoms with Crippen LogP contribution < -0.4 is 20.1 Å². The van der Waals surface area contributed by atoms with Crippen LogP contribution in [0.2, 0.25) is 0 Å². The fourth-order valence-corrected chi connectivity index (χ4v) is 2.21. The fraction of sp³-hybridized carbons (Fsp3) is 0.235. The van der Waals surface area contributed by atoms with Crippen LogP contribution in [0.4, 0.5) is 4.79 Å². The minimum Gasteiger partial charge on any atom is -0.486 e. The number of hydrogen-bond donors (Lipinski definition) is 2. The molecule has 2 N–H and O–H groups in total. The van der Waals surface area contributed by atoms with Gasteiger partial charge in [0.1, 0.15) is 6.61 Å². The first-order valence-corrected chi connectivity index (χ1v) is 7.25. The summed E-state index contributed by atoms with van der Waals surface area (Å²) in [6.07, 6.45) is -0.183. The molecule has 0 spiro atoms. The van der Waals surface area contributed by atoms with E-state index in [1.807, 2.05) is 54.6 Å². The van der Waals surface area contributed by atoms with Crippen molar-refractivity contribution >= 4 is 6.03 Å². The molecule has 1 aliphatic rings. The SMILES string of the molecule is O=C(NCc1ccccc1)NCC1COc2ccccc2O1. The van der Waals surface area contributed by atoms with Gasteiger partial charge in [-0.05, 0) is 17.7 Å². The number of para-hydroxylation sites is 2. The number of rotatable bonds is 4. The molecule has 5 heteroatoms. The Labute approximate surface area is 129 Å². The highest BCUT2D eigenvalue weighted by Gasteiger charge is 2.20. The van der Waals surface area contributed by atoms with Crippen LogP contribution in [0.25, 0.3) is 0 Å². The van der Waals surface area contributed by atoms with Crippen molar-refractivity contribution in [1.82, 2.24) is 10.6 Å². The minimum absolute atomic E-state index is 0.183. The molecular formula is C17H18N2O3. The van der Waals surface area contributed by atoms with E-state index in [0.29, 0.717) is 25.4 Å². The molecule has 1 heterocycles. The highest BCUT2D eigenvalue weighted by Crippen LogP contribution is 2.30. The number of hydrogen-bond acceptors (Lipinski definition) is 3. The smallest absolute Gasteiger partial charge is 0.315 e. The van der Waals surface area contributed by atoms with Crippen LogP contribution in [0.5, 0.6) is 11.5 Å². The molecule has 0 saturated heterocycles. The normalized spacial score (nSPS) is 15.9. The Morgan fingerprint density at radius 2 is 1.73 bits per heavy atom. The van der Waals surface area contributed by atoms with Crippen LogP contribution in [-0.2, 0) is 6.54 Å². The zero-order valence-electron chi connectivity index (χ0n) is 12.1. The van der Waals surface area contributed by atoms with Crippen molar-refractivity contribution in [2.75, 3.05) is 13.2 Å². The zero-order chi connectivity index (χ0) is 15.2. The van der Waals surface area contributed by atoms with Crippen molar-refractivity contribution in [3.8, 4) is 11.5 Å². The molecule has 2 aromatic carbocycles. The first kappa shape index (κ1) is 14.3. The molecule has 1 aliphatic heterocycles. The lowest BCUT2D eigenvalue weighted by atomic mass is 10.2. The van der Waals surface area contributed by atoms with Crippen LogP contribution in [-0.4, -0.2) is 25.3 Å². The van der Waals surface area contributed by atoms with Crippen LogP contribution in [0, 0.1) is 0 Å². The molecule has 5 nitrogen and oxygen atoms in total. The van der Waals surface area contributed by atoms with E-state index in [-0.39, 0.29) is 12.1 Å². The molecule has 22 heavy (non-hydrogen) atoms. The fourth-order valence-electron chi connectivity index (χ4n) is 2.21. The van der Waals surface area contributed by atoms with E-state index in [4.69, 9.17) is 9.47 Å². The van der Waals surface area contributed by atoms with Gasteiger partial charge in [-0.3, -0.25) is 0 Å². The van der Waals surface area contributed by atoms with E-state index in [0.717, 1.165) is 11.3 Å². The van der Waals surface area contributed by atoms with Crippen LogP contribution in [0.15, 0.2) is 54.6 Å². The van der Waals surface area contributed by atoms with Gasteiger partial charge in [-0.25, -0.2) is 4.79 Å². The Morgan fingerprint density at radius 1 is 1.00 bits per heavy atom. The Morgan fingerprint density at radius 3 is 2.55 bits per heavy atom. The second-order valence-electron chi connectivity index (χ2n) is 5.05. The van der Waals surface area contributed by atoms with Crippen molar-refractivity contribution in [2.45, 2.75) is 12.6 Å². The summed E-state index contributed by atoms with van der Waals surface area (Å²) in [4.78, 5) is 11.8. The molecule has 2 aromatic rings. The van der Waals surface area contributed by atoms with Crippen molar-refractivity contribution in [1.29, 1.82) is 0 Å². The summed E-state index contributed by atoms with van der Waals surface area (Å²) in [5.41, 5.74) is 1.06. The molecule has 114 valence electrons. The third-order valence-corrected chi connectivity index (χ3v) is 3.35. The molecule has 0 saturated carbocycles. The number of carbonyl (C=O) groups excluding carboxylic acids is 1.